The Bertz CT molecular complexity index is 535. The van der Waals surface area contributed by atoms with Crippen molar-refractivity contribution in [1.82, 2.24) is 10.4 Å². The van der Waals surface area contributed by atoms with Crippen LogP contribution in [0.1, 0.15) is 6.92 Å². The first-order chi connectivity index (χ1) is 8.33. The minimum atomic E-state index is 0.532. The number of anilines is 1. The van der Waals surface area contributed by atoms with Crippen LogP contribution in [0.25, 0.3) is 10.9 Å². The highest BCUT2D eigenvalue weighted by atomic mass is 15.3. The van der Waals surface area contributed by atoms with Crippen molar-refractivity contribution in [1.29, 1.82) is 0 Å². The Kier molecular flexibility index (Phi) is 3.52. The van der Waals surface area contributed by atoms with E-state index in [1.54, 1.807) is 6.20 Å². The topological polar surface area (TPSA) is 75.3 Å². The second-order valence-corrected chi connectivity index (χ2v) is 3.51. The largest absolute Gasteiger partial charge is 0.324 e. The summed E-state index contributed by atoms with van der Waals surface area (Å²) in [7, 11) is 0. The van der Waals surface area contributed by atoms with Gasteiger partial charge in [0.15, 0.2) is 0 Å². The third kappa shape index (κ3) is 2.70. The number of rotatable bonds is 2. The van der Waals surface area contributed by atoms with Crippen molar-refractivity contribution >= 4 is 22.5 Å². The van der Waals surface area contributed by atoms with Gasteiger partial charge in [0.2, 0.25) is 5.96 Å². The monoisotopic (exact) mass is 229 g/mol. The molecule has 1 heterocycles. The summed E-state index contributed by atoms with van der Waals surface area (Å²) in [5.41, 5.74) is 4.33. The van der Waals surface area contributed by atoms with E-state index in [1.807, 2.05) is 37.3 Å². The van der Waals surface area contributed by atoms with Crippen LogP contribution in [0.4, 0.5) is 5.69 Å². The van der Waals surface area contributed by atoms with Gasteiger partial charge in [0.1, 0.15) is 0 Å². The zero-order valence-electron chi connectivity index (χ0n) is 9.64. The molecule has 0 fully saturated rings. The maximum absolute atomic E-state index is 5.36. The smallest absolute Gasteiger partial charge is 0.210 e. The van der Waals surface area contributed by atoms with Gasteiger partial charge >= 0.3 is 0 Å². The fourth-order valence-electron chi connectivity index (χ4n) is 1.56. The van der Waals surface area contributed by atoms with Crippen molar-refractivity contribution in [2.45, 2.75) is 6.92 Å². The van der Waals surface area contributed by atoms with Crippen LogP contribution in [0.2, 0.25) is 0 Å². The van der Waals surface area contributed by atoms with Crippen molar-refractivity contribution in [3.63, 3.8) is 0 Å². The van der Waals surface area contributed by atoms with Crippen LogP contribution in [0, 0.1) is 0 Å². The fraction of sp³-hybridized carbons (Fsp3) is 0.167. The lowest BCUT2D eigenvalue weighted by atomic mass is 10.2. The van der Waals surface area contributed by atoms with Gasteiger partial charge in [0.05, 0.1) is 17.4 Å². The highest BCUT2D eigenvalue weighted by Crippen LogP contribution is 2.15. The van der Waals surface area contributed by atoms with Gasteiger partial charge in [0, 0.05) is 11.9 Å². The molecule has 0 atom stereocenters. The quantitative estimate of drug-likeness (QED) is 0.315. The first-order valence-corrected chi connectivity index (χ1v) is 5.46. The molecule has 17 heavy (non-hydrogen) atoms. The first kappa shape index (κ1) is 11.3. The SMILES string of the molecule is CCN=C(NN)Nc1cnc2ccccc2c1. The second-order valence-electron chi connectivity index (χ2n) is 3.51. The molecule has 2 aromatic rings. The number of hydrazine groups is 1. The number of hydrogen-bond donors (Lipinski definition) is 3. The minimum Gasteiger partial charge on any atom is -0.324 e. The summed E-state index contributed by atoms with van der Waals surface area (Å²) in [5, 5.41) is 4.15. The van der Waals surface area contributed by atoms with Crippen molar-refractivity contribution in [3.05, 3.63) is 36.5 Å². The van der Waals surface area contributed by atoms with Gasteiger partial charge in [-0.15, -0.1) is 0 Å². The molecule has 88 valence electrons. The predicted octanol–water partition coefficient (Wildman–Crippen LogP) is 1.49. The van der Waals surface area contributed by atoms with Crippen LogP contribution in [-0.2, 0) is 0 Å². The molecular formula is C12H15N5. The van der Waals surface area contributed by atoms with Gasteiger partial charge in [-0.25, -0.2) is 5.84 Å². The molecule has 0 bridgehead atoms. The van der Waals surface area contributed by atoms with Crippen LogP contribution in [-0.4, -0.2) is 17.5 Å². The second kappa shape index (κ2) is 5.27. The van der Waals surface area contributed by atoms with Gasteiger partial charge < -0.3 is 5.32 Å². The Morgan fingerprint density at radius 1 is 1.41 bits per heavy atom. The third-order valence-electron chi connectivity index (χ3n) is 2.31. The molecule has 2 rings (SSSR count). The summed E-state index contributed by atoms with van der Waals surface area (Å²) in [4.78, 5) is 8.50. The number of nitrogens with two attached hydrogens (primary N) is 1. The van der Waals surface area contributed by atoms with E-state index in [-0.39, 0.29) is 0 Å². The maximum Gasteiger partial charge on any atom is 0.210 e. The number of nitrogens with one attached hydrogen (secondary N) is 2. The number of pyridine rings is 1. The first-order valence-electron chi connectivity index (χ1n) is 5.46. The summed E-state index contributed by atoms with van der Waals surface area (Å²) in [5.74, 6) is 5.89. The van der Waals surface area contributed by atoms with E-state index in [1.165, 1.54) is 0 Å². The molecular weight excluding hydrogens is 214 g/mol. The molecule has 0 saturated heterocycles. The molecule has 0 amide bonds. The van der Waals surface area contributed by atoms with E-state index in [0.717, 1.165) is 16.6 Å². The van der Waals surface area contributed by atoms with E-state index < -0.39 is 0 Å². The van der Waals surface area contributed by atoms with Crippen LogP contribution < -0.4 is 16.6 Å². The predicted molar refractivity (Wildman–Crippen MR) is 70.7 cm³/mol. The van der Waals surface area contributed by atoms with Crippen molar-refractivity contribution in [3.8, 4) is 0 Å². The molecule has 0 unspecified atom stereocenters. The number of aromatic nitrogens is 1. The molecule has 0 radical (unpaired) electrons. The molecule has 1 aromatic carbocycles. The molecule has 1 aromatic heterocycles. The molecule has 4 N–H and O–H groups in total. The lowest BCUT2D eigenvalue weighted by Crippen LogP contribution is -2.36. The van der Waals surface area contributed by atoms with Gasteiger partial charge in [-0.05, 0) is 19.1 Å². The standard InChI is InChI=1S/C12H15N5/c1-2-14-12(17-13)16-10-7-9-5-3-4-6-11(9)15-8-10/h3-8H,2,13H2,1H3,(H2,14,16,17). The third-order valence-corrected chi connectivity index (χ3v) is 2.31. The Hall–Kier alpha value is -2.14. The van der Waals surface area contributed by atoms with E-state index in [0.29, 0.717) is 12.5 Å². The minimum absolute atomic E-state index is 0.532. The van der Waals surface area contributed by atoms with Crippen LogP contribution in [0.15, 0.2) is 41.5 Å². The lowest BCUT2D eigenvalue weighted by molar-refractivity contribution is 0.986. The summed E-state index contributed by atoms with van der Waals surface area (Å²) < 4.78 is 0. The normalized spacial score (nSPS) is 11.5. The Morgan fingerprint density at radius 2 is 2.24 bits per heavy atom. The van der Waals surface area contributed by atoms with Crippen LogP contribution in [0.3, 0.4) is 0 Å². The molecule has 0 aliphatic heterocycles. The fourth-order valence-corrected chi connectivity index (χ4v) is 1.56. The Balaban J connectivity index is 2.27. The van der Waals surface area contributed by atoms with Crippen molar-refractivity contribution in [2.24, 2.45) is 10.8 Å². The molecule has 5 heteroatoms. The summed E-state index contributed by atoms with van der Waals surface area (Å²) in [6, 6.07) is 9.94. The summed E-state index contributed by atoms with van der Waals surface area (Å²) in [6.07, 6.45) is 1.75. The van der Waals surface area contributed by atoms with Crippen molar-refractivity contribution in [2.75, 3.05) is 11.9 Å². The van der Waals surface area contributed by atoms with Gasteiger partial charge in [-0.1, -0.05) is 18.2 Å². The number of guanidine groups is 1. The number of nitrogens with zero attached hydrogens (tertiary/aromatic N) is 2. The van der Waals surface area contributed by atoms with E-state index >= 15 is 0 Å². The van der Waals surface area contributed by atoms with Gasteiger partial charge in [-0.2, -0.15) is 0 Å². The molecule has 5 nitrogen and oxygen atoms in total. The van der Waals surface area contributed by atoms with E-state index in [9.17, 15) is 0 Å². The molecule has 0 spiro atoms. The number of aliphatic imine (C=N–C) groups is 1. The average molecular weight is 229 g/mol. The molecule has 0 aliphatic rings. The maximum atomic E-state index is 5.36. The molecule has 0 aliphatic carbocycles. The van der Waals surface area contributed by atoms with Crippen molar-refractivity contribution < 1.29 is 0 Å². The lowest BCUT2D eigenvalue weighted by Gasteiger charge is -2.08. The average Bonchev–Trinajstić information content (AvgIpc) is 2.38. The Morgan fingerprint density at radius 3 is 3.00 bits per heavy atom. The van der Waals surface area contributed by atoms with E-state index in [4.69, 9.17) is 5.84 Å². The van der Waals surface area contributed by atoms with Crippen LogP contribution >= 0.6 is 0 Å². The summed E-state index contributed by atoms with van der Waals surface area (Å²) in [6.45, 7) is 2.60. The molecule has 0 saturated carbocycles. The zero-order valence-corrected chi connectivity index (χ0v) is 9.64. The number of hydrogen-bond acceptors (Lipinski definition) is 3. The number of para-hydroxylation sites is 1. The van der Waals surface area contributed by atoms with Gasteiger partial charge in [-0.3, -0.25) is 15.4 Å². The zero-order chi connectivity index (χ0) is 12.1. The van der Waals surface area contributed by atoms with E-state index in [2.05, 4.69) is 20.7 Å². The highest BCUT2D eigenvalue weighted by Gasteiger charge is 1.99. The van der Waals surface area contributed by atoms with Crippen LogP contribution in [0.5, 0.6) is 0 Å². The highest BCUT2D eigenvalue weighted by molar-refractivity contribution is 5.95. The number of benzene rings is 1. The summed E-state index contributed by atoms with van der Waals surface area (Å²) >= 11 is 0. The number of fused-ring (bicyclic) bond motifs is 1. The Labute approximate surface area is 99.7 Å². The van der Waals surface area contributed by atoms with Gasteiger partial charge in [0.25, 0.3) is 0 Å².